The van der Waals surface area contributed by atoms with E-state index in [1.807, 2.05) is 0 Å². The zero-order chi connectivity index (χ0) is 10.6. The minimum absolute atomic E-state index is 0.187. The first-order valence-corrected chi connectivity index (χ1v) is 5.28. The molecule has 1 aliphatic heterocycles. The molecule has 1 aliphatic rings. The van der Waals surface area contributed by atoms with E-state index in [4.69, 9.17) is 5.11 Å². The molecule has 82 valence electrons. The Morgan fingerprint density at radius 3 is 2.79 bits per heavy atom. The second-order valence-electron chi connectivity index (χ2n) is 4.07. The van der Waals surface area contributed by atoms with Crippen molar-refractivity contribution < 1.29 is 9.90 Å². The smallest absolute Gasteiger partial charge is 0.317 e. The van der Waals surface area contributed by atoms with Crippen molar-refractivity contribution in [2.24, 2.45) is 0 Å². The molecule has 0 aromatic rings. The summed E-state index contributed by atoms with van der Waals surface area (Å²) in [5, 5.41) is 8.78. The summed E-state index contributed by atoms with van der Waals surface area (Å²) in [6.45, 7) is 5.27. The first kappa shape index (κ1) is 11.5. The molecule has 1 fully saturated rings. The number of hydrogen-bond donors (Lipinski definition) is 1. The van der Waals surface area contributed by atoms with Gasteiger partial charge in [-0.2, -0.15) is 0 Å². The maximum atomic E-state index is 10.7. The van der Waals surface area contributed by atoms with Crippen molar-refractivity contribution in [2.45, 2.75) is 25.8 Å². The summed E-state index contributed by atoms with van der Waals surface area (Å²) in [5.74, 6) is -0.715. The molecule has 0 aromatic heterocycles. The van der Waals surface area contributed by atoms with Crippen molar-refractivity contribution >= 4 is 5.97 Å². The van der Waals surface area contributed by atoms with Gasteiger partial charge >= 0.3 is 5.97 Å². The van der Waals surface area contributed by atoms with Gasteiger partial charge in [-0.3, -0.25) is 9.69 Å². The largest absolute Gasteiger partial charge is 0.480 e. The van der Waals surface area contributed by atoms with Gasteiger partial charge in [0.05, 0.1) is 6.54 Å². The Labute approximate surface area is 85.5 Å². The molecule has 1 unspecified atom stereocenters. The number of hydrogen-bond acceptors (Lipinski definition) is 3. The Kier molecular flexibility index (Phi) is 4.35. The van der Waals surface area contributed by atoms with Crippen LogP contribution in [0.1, 0.15) is 19.8 Å². The van der Waals surface area contributed by atoms with Crippen molar-refractivity contribution in [2.75, 3.05) is 33.2 Å². The molecule has 14 heavy (non-hydrogen) atoms. The summed E-state index contributed by atoms with van der Waals surface area (Å²) in [6, 6.07) is 0.441. The van der Waals surface area contributed by atoms with Crippen molar-refractivity contribution in [3.05, 3.63) is 0 Å². The lowest BCUT2D eigenvalue weighted by atomic mass is 10.2. The third-order valence-corrected chi connectivity index (χ3v) is 2.73. The maximum Gasteiger partial charge on any atom is 0.317 e. The zero-order valence-corrected chi connectivity index (χ0v) is 9.07. The lowest BCUT2D eigenvalue weighted by molar-refractivity contribution is -0.138. The topological polar surface area (TPSA) is 43.8 Å². The van der Waals surface area contributed by atoms with E-state index in [0.29, 0.717) is 6.04 Å². The van der Waals surface area contributed by atoms with Gasteiger partial charge < -0.3 is 10.0 Å². The number of carbonyl (C=O) groups is 1. The first-order chi connectivity index (χ1) is 6.63. The second-order valence-corrected chi connectivity index (χ2v) is 4.07. The fourth-order valence-electron chi connectivity index (χ4n) is 2.06. The van der Waals surface area contributed by atoms with E-state index < -0.39 is 5.97 Å². The van der Waals surface area contributed by atoms with Gasteiger partial charge in [0.2, 0.25) is 0 Å². The number of likely N-dealkylation sites (N-methyl/N-ethyl adjacent to an activating group) is 1. The summed E-state index contributed by atoms with van der Waals surface area (Å²) in [4.78, 5) is 15.0. The van der Waals surface area contributed by atoms with E-state index in [1.165, 1.54) is 0 Å². The van der Waals surface area contributed by atoms with E-state index in [1.54, 1.807) is 0 Å². The number of carboxylic acids is 1. The average molecular weight is 200 g/mol. The minimum Gasteiger partial charge on any atom is -0.480 e. The average Bonchev–Trinajstić information content (AvgIpc) is 2.50. The number of carboxylic acid groups (broad SMARTS) is 1. The van der Waals surface area contributed by atoms with Crippen LogP contribution in [0.4, 0.5) is 0 Å². The van der Waals surface area contributed by atoms with Crippen LogP contribution in [0.15, 0.2) is 0 Å². The molecule has 0 bridgehead atoms. The zero-order valence-electron chi connectivity index (χ0n) is 9.07. The van der Waals surface area contributed by atoms with E-state index >= 15 is 0 Å². The van der Waals surface area contributed by atoms with Gasteiger partial charge in [-0.15, -0.1) is 0 Å². The third kappa shape index (κ3) is 3.27. The molecule has 0 aromatic carbocycles. The molecule has 0 aliphatic carbocycles. The number of rotatable bonds is 5. The molecule has 0 saturated carbocycles. The Hall–Kier alpha value is -0.610. The van der Waals surface area contributed by atoms with Crippen molar-refractivity contribution in [3.63, 3.8) is 0 Å². The van der Waals surface area contributed by atoms with Crippen LogP contribution in [0.3, 0.4) is 0 Å². The van der Waals surface area contributed by atoms with E-state index in [0.717, 1.165) is 32.5 Å². The highest BCUT2D eigenvalue weighted by molar-refractivity contribution is 5.69. The van der Waals surface area contributed by atoms with Crippen LogP contribution in [0.25, 0.3) is 0 Å². The fraction of sp³-hybridized carbons (Fsp3) is 0.900. The van der Waals surface area contributed by atoms with Crippen LogP contribution in [-0.2, 0) is 4.79 Å². The van der Waals surface area contributed by atoms with Crippen LogP contribution < -0.4 is 0 Å². The molecular formula is C10H20N2O2. The second kappa shape index (κ2) is 5.32. The number of aliphatic carboxylic acids is 1. The van der Waals surface area contributed by atoms with Crippen molar-refractivity contribution in [3.8, 4) is 0 Å². The van der Waals surface area contributed by atoms with Gasteiger partial charge in [0.25, 0.3) is 0 Å². The van der Waals surface area contributed by atoms with Gasteiger partial charge in [0.15, 0.2) is 0 Å². The molecule has 1 N–H and O–H groups in total. The highest BCUT2D eigenvalue weighted by atomic mass is 16.4. The molecule has 4 heteroatoms. The Balaban J connectivity index is 2.44. The van der Waals surface area contributed by atoms with Crippen LogP contribution in [0, 0.1) is 0 Å². The number of likely N-dealkylation sites (tertiary alicyclic amines) is 1. The lowest BCUT2D eigenvalue weighted by Crippen LogP contribution is -2.40. The van der Waals surface area contributed by atoms with Gasteiger partial charge in [0, 0.05) is 12.6 Å². The molecule has 0 spiro atoms. The molecule has 1 atom stereocenters. The van der Waals surface area contributed by atoms with Crippen LogP contribution in [0.5, 0.6) is 0 Å². The minimum atomic E-state index is -0.715. The third-order valence-electron chi connectivity index (χ3n) is 2.73. The summed E-state index contributed by atoms with van der Waals surface area (Å²) in [6.07, 6.45) is 2.12. The molecule has 4 nitrogen and oxygen atoms in total. The first-order valence-electron chi connectivity index (χ1n) is 5.28. The number of nitrogens with zero attached hydrogens (tertiary/aromatic N) is 2. The van der Waals surface area contributed by atoms with Crippen LogP contribution >= 0.6 is 0 Å². The van der Waals surface area contributed by atoms with Gasteiger partial charge in [-0.05, 0) is 33.0 Å². The molecule has 0 amide bonds. The van der Waals surface area contributed by atoms with Crippen molar-refractivity contribution in [1.82, 2.24) is 9.80 Å². The predicted octanol–water partition coefficient (Wildman–Crippen LogP) is 0.487. The SMILES string of the molecule is CCCN(CC(=O)O)C1CCN(C)C1. The molecule has 0 radical (unpaired) electrons. The van der Waals surface area contributed by atoms with E-state index in [2.05, 4.69) is 23.8 Å². The molecular weight excluding hydrogens is 180 g/mol. The summed E-state index contributed by atoms with van der Waals surface area (Å²) < 4.78 is 0. The Morgan fingerprint density at radius 1 is 1.64 bits per heavy atom. The molecule has 1 heterocycles. The van der Waals surface area contributed by atoms with Gasteiger partial charge in [-0.25, -0.2) is 0 Å². The normalized spacial score (nSPS) is 23.2. The van der Waals surface area contributed by atoms with Gasteiger partial charge in [0.1, 0.15) is 0 Å². The summed E-state index contributed by atoms with van der Waals surface area (Å²) >= 11 is 0. The lowest BCUT2D eigenvalue weighted by Gasteiger charge is -2.26. The fourth-order valence-corrected chi connectivity index (χ4v) is 2.06. The standard InChI is InChI=1S/C10H20N2O2/c1-3-5-12(8-10(13)14)9-4-6-11(2)7-9/h9H,3-8H2,1-2H3,(H,13,14). The summed E-state index contributed by atoms with van der Waals surface area (Å²) in [7, 11) is 2.09. The van der Waals surface area contributed by atoms with E-state index in [9.17, 15) is 4.79 Å². The van der Waals surface area contributed by atoms with E-state index in [-0.39, 0.29) is 6.54 Å². The van der Waals surface area contributed by atoms with Crippen molar-refractivity contribution in [1.29, 1.82) is 0 Å². The monoisotopic (exact) mass is 200 g/mol. The molecule has 1 rings (SSSR count). The Bertz CT molecular complexity index is 197. The summed E-state index contributed by atoms with van der Waals surface area (Å²) in [5.41, 5.74) is 0. The maximum absolute atomic E-state index is 10.7. The van der Waals surface area contributed by atoms with Crippen LogP contribution in [-0.4, -0.2) is 60.1 Å². The Morgan fingerprint density at radius 2 is 2.36 bits per heavy atom. The highest BCUT2D eigenvalue weighted by Gasteiger charge is 2.26. The quantitative estimate of drug-likeness (QED) is 0.701. The highest BCUT2D eigenvalue weighted by Crippen LogP contribution is 2.13. The predicted molar refractivity (Wildman–Crippen MR) is 55.4 cm³/mol. The molecule has 1 saturated heterocycles. The van der Waals surface area contributed by atoms with Gasteiger partial charge in [-0.1, -0.05) is 6.92 Å². The van der Waals surface area contributed by atoms with Crippen LogP contribution in [0.2, 0.25) is 0 Å².